The summed E-state index contributed by atoms with van der Waals surface area (Å²) in [6.45, 7) is 0.512. The number of benzene rings is 2. The summed E-state index contributed by atoms with van der Waals surface area (Å²) in [7, 11) is 0.435. The normalized spacial score (nSPS) is 13.2. The van der Waals surface area contributed by atoms with Gasteiger partial charge in [-0.1, -0.05) is 6.07 Å². The lowest BCUT2D eigenvalue weighted by Crippen LogP contribution is -2.32. The molecular formula is C19H22N2O6S. The van der Waals surface area contributed by atoms with Crippen LogP contribution >= 0.6 is 0 Å². The largest absolute Gasteiger partial charge is 0.497 e. The van der Waals surface area contributed by atoms with Crippen LogP contribution in [0.3, 0.4) is 0 Å². The Morgan fingerprint density at radius 1 is 1.11 bits per heavy atom. The molecule has 2 aromatic carbocycles. The SMILES string of the molecule is COCC(=O)N1CCc2ccc(NS(=O)(=O)c3ccc(OC)cc3OC)cc21. The molecule has 1 amide bonds. The molecule has 1 aliphatic rings. The summed E-state index contributed by atoms with van der Waals surface area (Å²) in [6.07, 6.45) is 0.712. The van der Waals surface area contributed by atoms with E-state index >= 15 is 0 Å². The first kappa shape index (κ1) is 20.0. The molecule has 1 heterocycles. The molecule has 2 aromatic rings. The van der Waals surface area contributed by atoms with E-state index in [2.05, 4.69) is 4.72 Å². The number of methoxy groups -OCH3 is 3. The Morgan fingerprint density at radius 3 is 2.57 bits per heavy atom. The molecule has 0 aliphatic carbocycles. The maximum Gasteiger partial charge on any atom is 0.265 e. The number of fused-ring (bicyclic) bond motifs is 1. The second kappa shape index (κ2) is 8.07. The number of carbonyl (C=O) groups excluding carboxylic acids is 1. The lowest BCUT2D eigenvalue weighted by molar-refractivity contribution is -0.122. The highest BCUT2D eigenvalue weighted by Gasteiger charge is 2.26. The van der Waals surface area contributed by atoms with Crippen molar-refractivity contribution in [3.8, 4) is 11.5 Å². The Balaban J connectivity index is 1.90. The molecule has 0 saturated carbocycles. The standard InChI is InChI=1S/C19H22N2O6S/c1-25-12-19(22)21-9-8-13-4-5-14(10-16(13)21)20-28(23,24)18-7-6-15(26-2)11-17(18)27-3/h4-7,10-11,20H,8-9,12H2,1-3H3. The van der Waals surface area contributed by atoms with E-state index in [0.717, 1.165) is 5.56 Å². The number of hydrogen-bond acceptors (Lipinski definition) is 6. The van der Waals surface area contributed by atoms with Gasteiger partial charge in [0.05, 0.1) is 19.9 Å². The van der Waals surface area contributed by atoms with Crippen LogP contribution in [-0.2, 0) is 26.0 Å². The lowest BCUT2D eigenvalue weighted by Gasteiger charge is -2.18. The fourth-order valence-electron chi connectivity index (χ4n) is 3.11. The first-order valence-electron chi connectivity index (χ1n) is 8.56. The van der Waals surface area contributed by atoms with Gasteiger partial charge in [0.1, 0.15) is 23.0 Å². The molecule has 28 heavy (non-hydrogen) atoms. The number of amides is 1. The van der Waals surface area contributed by atoms with Crippen LogP contribution in [0.5, 0.6) is 11.5 Å². The van der Waals surface area contributed by atoms with Crippen molar-refractivity contribution in [2.75, 3.05) is 44.1 Å². The third kappa shape index (κ3) is 3.90. The summed E-state index contributed by atoms with van der Waals surface area (Å²) >= 11 is 0. The van der Waals surface area contributed by atoms with Crippen LogP contribution < -0.4 is 19.1 Å². The van der Waals surface area contributed by atoms with Gasteiger partial charge in [0.15, 0.2) is 0 Å². The molecular weight excluding hydrogens is 384 g/mol. The van der Waals surface area contributed by atoms with Crippen molar-refractivity contribution in [2.45, 2.75) is 11.3 Å². The minimum Gasteiger partial charge on any atom is -0.497 e. The van der Waals surface area contributed by atoms with E-state index in [1.165, 1.54) is 33.5 Å². The van der Waals surface area contributed by atoms with E-state index in [-0.39, 0.29) is 23.2 Å². The molecule has 0 unspecified atom stereocenters. The molecule has 1 aliphatic heterocycles. The number of rotatable bonds is 7. The number of hydrogen-bond donors (Lipinski definition) is 1. The number of nitrogens with one attached hydrogen (secondary N) is 1. The number of carbonyl (C=O) groups is 1. The number of ether oxygens (including phenoxy) is 3. The molecule has 0 bridgehead atoms. The maximum absolute atomic E-state index is 12.9. The van der Waals surface area contributed by atoms with Crippen molar-refractivity contribution in [3.05, 3.63) is 42.0 Å². The third-order valence-electron chi connectivity index (χ3n) is 4.46. The van der Waals surface area contributed by atoms with E-state index in [1.54, 1.807) is 23.1 Å². The highest BCUT2D eigenvalue weighted by Crippen LogP contribution is 2.33. The maximum atomic E-state index is 12.9. The van der Waals surface area contributed by atoms with Crippen LogP contribution in [0.4, 0.5) is 11.4 Å². The summed E-state index contributed by atoms with van der Waals surface area (Å²) in [5.74, 6) is 0.489. The first-order chi connectivity index (χ1) is 13.4. The number of sulfonamides is 1. The second-order valence-corrected chi connectivity index (χ2v) is 7.84. The zero-order valence-electron chi connectivity index (χ0n) is 15.9. The Bertz CT molecular complexity index is 990. The fourth-order valence-corrected chi connectivity index (χ4v) is 4.31. The van der Waals surface area contributed by atoms with Crippen LogP contribution in [0.15, 0.2) is 41.3 Å². The van der Waals surface area contributed by atoms with E-state index in [9.17, 15) is 13.2 Å². The molecule has 0 fully saturated rings. The van der Waals surface area contributed by atoms with Gasteiger partial charge in [-0.2, -0.15) is 0 Å². The van der Waals surface area contributed by atoms with Crippen molar-refractivity contribution in [3.63, 3.8) is 0 Å². The Kier molecular flexibility index (Phi) is 5.76. The van der Waals surface area contributed by atoms with Gasteiger partial charge in [0, 0.05) is 25.4 Å². The summed E-state index contributed by atoms with van der Waals surface area (Å²) in [4.78, 5) is 13.8. The summed E-state index contributed by atoms with van der Waals surface area (Å²) < 4.78 is 43.5. The number of anilines is 2. The minimum atomic E-state index is -3.91. The Hall–Kier alpha value is -2.78. The van der Waals surface area contributed by atoms with Gasteiger partial charge in [-0.3, -0.25) is 9.52 Å². The molecule has 0 spiro atoms. The van der Waals surface area contributed by atoms with Crippen LogP contribution in [0.25, 0.3) is 0 Å². The zero-order valence-corrected chi connectivity index (χ0v) is 16.7. The smallest absolute Gasteiger partial charge is 0.265 e. The van der Waals surface area contributed by atoms with Gasteiger partial charge in [-0.05, 0) is 36.2 Å². The summed E-state index contributed by atoms with van der Waals surface area (Å²) in [6, 6.07) is 9.62. The fraction of sp³-hybridized carbons (Fsp3) is 0.316. The first-order valence-corrected chi connectivity index (χ1v) is 10.0. The van der Waals surface area contributed by atoms with E-state index in [1.807, 2.05) is 6.07 Å². The van der Waals surface area contributed by atoms with Crippen LogP contribution in [0.1, 0.15) is 5.56 Å². The van der Waals surface area contributed by atoms with Crippen LogP contribution in [0.2, 0.25) is 0 Å². The summed E-state index contributed by atoms with van der Waals surface area (Å²) in [5.41, 5.74) is 2.02. The van der Waals surface area contributed by atoms with E-state index in [4.69, 9.17) is 14.2 Å². The quantitative estimate of drug-likeness (QED) is 0.756. The molecule has 0 atom stereocenters. The summed E-state index contributed by atoms with van der Waals surface area (Å²) in [5, 5.41) is 0. The van der Waals surface area contributed by atoms with Crippen LogP contribution in [0, 0.1) is 0 Å². The van der Waals surface area contributed by atoms with Gasteiger partial charge < -0.3 is 19.1 Å². The molecule has 8 nitrogen and oxygen atoms in total. The van der Waals surface area contributed by atoms with Crippen molar-refractivity contribution < 1.29 is 27.4 Å². The van der Waals surface area contributed by atoms with Crippen molar-refractivity contribution >= 4 is 27.3 Å². The number of nitrogens with zero attached hydrogens (tertiary/aromatic N) is 1. The van der Waals surface area contributed by atoms with E-state index < -0.39 is 10.0 Å². The monoisotopic (exact) mass is 406 g/mol. The van der Waals surface area contributed by atoms with Gasteiger partial charge in [0.25, 0.3) is 15.9 Å². The molecule has 150 valence electrons. The predicted octanol–water partition coefficient (Wildman–Crippen LogP) is 2.04. The van der Waals surface area contributed by atoms with Gasteiger partial charge in [-0.15, -0.1) is 0 Å². The molecule has 0 aromatic heterocycles. The van der Waals surface area contributed by atoms with Gasteiger partial charge in [0.2, 0.25) is 0 Å². The highest BCUT2D eigenvalue weighted by molar-refractivity contribution is 7.92. The minimum absolute atomic E-state index is 0.0105. The average molecular weight is 406 g/mol. The second-order valence-electron chi connectivity index (χ2n) is 6.19. The van der Waals surface area contributed by atoms with E-state index in [0.29, 0.717) is 30.1 Å². The molecule has 1 N–H and O–H groups in total. The molecule has 0 radical (unpaired) electrons. The molecule has 0 saturated heterocycles. The van der Waals surface area contributed by atoms with Gasteiger partial charge >= 0.3 is 0 Å². The van der Waals surface area contributed by atoms with Crippen molar-refractivity contribution in [1.29, 1.82) is 0 Å². The predicted molar refractivity (Wildman–Crippen MR) is 105 cm³/mol. The van der Waals surface area contributed by atoms with Crippen LogP contribution in [-0.4, -0.2) is 48.8 Å². The Labute approximate surface area is 164 Å². The zero-order chi connectivity index (χ0) is 20.3. The van der Waals surface area contributed by atoms with Crippen molar-refractivity contribution in [1.82, 2.24) is 0 Å². The molecule has 3 rings (SSSR count). The Morgan fingerprint density at radius 2 is 1.89 bits per heavy atom. The lowest BCUT2D eigenvalue weighted by atomic mass is 10.1. The van der Waals surface area contributed by atoms with Gasteiger partial charge in [-0.25, -0.2) is 8.42 Å². The highest BCUT2D eigenvalue weighted by atomic mass is 32.2. The third-order valence-corrected chi connectivity index (χ3v) is 5.88. The topological polar surface area (TPSA) is 94.2 Å². The molecule has 9 heteroatoms. The van der Waals surface area contributed by atoms with Crippen molar-refractivity contribution in [2.24, 2.45) is 0 Å². The average Bonchev–Trinajstić information content (AvgIpc) is 3.10.